The van der Waals surface area contributed by atoms with Crippen LogP contribution in [0.25, 0.3) is 22.3 Å². The molecular formula is C32H42O4. The van der Waals surface area contributed by atoms with E-state index in [4.69, 9.17) is 14.2 Å². The van der Waals surface area contributed by atoms with Gasteiger partial charge < -0.3 is 19.3 Å². The summed E-state index contributed by atoms with van der Waals surface area (Å²) in [6.07, 6.45) is 0.0223. The second kappa shape index (κ2) is 10.5. The number of rotatable bonds is 7. The third kappa shape index (κ3) is 5.48. The van der Waals surface area contributed by atoms with Crippen LogP contribution in [0, 0.1) is 13.8 Å². The van der Waals surface area contributed by atoms with Crippen LogP contribution >= 0.6 is 0 Å². The quantitative estimate of drug-likeness (QED) is 0.360. The van der Waals surface area contributed by atoms with E-state index in [9.17, 15) is 5.11 Å². The molecule has 0 atom stereocenters. The Labute approximate surface area is 217 Å². The minimum atomic E-state index is -0.0337. The summed E-state index contributed by atoms with van der Waals surface area (Å²) < 4.78 is 18.1. The van der Waals surface area contributed by atoms with Crippen molar-refractivity contribution >= 4 is 0 Å². The van der Waals surface area contributed by atoms with E-state index in [0.29, 0.717) is 17.4 Å². The molecule has 0 saturated carbocycles. The summed E-state index contributed by atoms with van der Waals surface area (Å²) in [5.41, 5.74) is 7.88. The molecule has 0 saturated heterocycles. The van der Waals surface area contributed by atoms with Gasteiger partial charge in [-0.3, -0.25) is 0 Å². The highest BCUT2D eigenvalue weighted by molar-refractivity contribution is 5.86. The van der Waals surface area contributed by atoms with Gasteiger partial charge in [0.15, 0.2) is 0 Å². The predicted molar refractivity (Wildman–Crippen MR) is 150 cm³/mol. The molecule has 0 radical (unpaired) electrons. The van der Waals surface area contributed by atoms with E-state index < -0.39 is 0 Å². The van der Waals surface area contributed by atoms with Crippen molar-refractivity contribution in [2.75, 3.05) is 14.2 Å². The van der Waals surface area contributed by atoms with Gasteiger partial charge in [-0.1, -0.05) is 40.7 Å². The van der Waals surface area contributed by atoms with Crippen molar-refractivity contribution in [2.45, 2.75) is 79.8 Å². The summed E-state index contributed by atoms with van der Waals surface area (Å²) in [6.45, 7) is 19.1. The van der Waals surface area contributed by atoms with Crippen LogP contribution in [0.3, 0.4) is 0 Å². The van der Waals surface area contributed by atoms with Crippen molar-refractivity contribution < 1.29 is 19.3 Å². The molecule has 0 amide bonds. The smallest absolute Gasteiger partial charge is 0.130 e. The molecule has 0 aliphatic heterocycles. The largest absolute Gasteiger partial charge is 0.507 e. The lowest BCUT2D eigenvalue weighted by Gasteiger charge is -2.25. The van der Waals surface area contributed by atoms with E-state index in [1.807, 2.05) is 39.0 Å². The summed E-state index contributed by atoms with van der Waals surface area (Å²) in [4.78, 5) is 0. The molecule has 194 valence electrons. The van der Waals surface area contributed by atoms with Crippen LogP contribution in [0.5, 0.6) is 23.0 Å². The zero-order valence-electron chi connectivity index (χ0n) is 23.8. The highest BCUT2D eigenvalue weighted by Gasteiger charge is 2.24. The Balaban J connectivity index is 2.35. The molecule has 0 aromatic heterocycles. The number of phenolic OH excluding ortho intramolecular Hbond substituents is 1. The fourth-order valence-corrected chi connectivity index (χ4v) is 4.66. The number of benzene rings is 3. The second-order valence-corrected chi connectivity index (χ2v) is 11.2. The van der Waals surface area contributed by atoms with E-state index in [0.717, 1.165) is 39.1 Å². The fourth-order valence-electron chi connectivity index (χ4n) is 4.66. The molecule has 0 bridgehead atoms. The third-order valence-corrected chi connectivity index (χ3v) is 6.60. The molecule has 0 unspecified atom stereocenters. The number of phenols is 1. The topological polar surface area (TPSA) is 47.9 Å². The first-order valence-corrected chi connectivity index (χ1v) is 12.7. The molecule has 0 spiro atoms. The Kier molecular flexibility index (Phi) is 7.97. The molecule has 0 fully saturated rings. The van der Waals surface area contributed by atoms with Crippen molar-refractivity contribution in [1.29, 1.82) is 0 Å². The van der Waals surface area contributed by atoms with Gasteiger partial charge in [0, 0.05) is 22.3 Å². The maximum Gasteiger partial charge on any atom is 0.130 e. The van der Waals surface area contributed by atoms with Gasteiger partial charge in [-0.05, 0) is 91.6 Å². The molecule has 0 heterocycles. The van der Waals surface area contributed by atoms with E-state index in [2.05, 4.69) is 59.7 Å². The molecular weight excluding hydrogens is 448 g/mol. The average Bonchev–Trinajstić information content (AvgIpc) is 2.78. The molecule has 4 nitrogen and oxygen atoms in total. The van der Waals surface area contributed by atoms with Crippen LogP contribution in [-0.4, -0.2) is 25.4 Å². The lowest BCUT2D eigenvalue weighted by molar-refractivity contribution is 0.241. The number of hydrogen-bond donors (Lipinski definition) is 1. The minimum Gasteiger partial charge on any atom is -0.507 e. The van der Waals surface area contributed by atoms with Crippen molar-refractivity contribution in [3.63, 3.8) is 0 Å². The van der Waals surface area contributed by atoms with Crippen molar-refractivity contribution in [3.05, 3.63) is 58.7 Å². The van der Waals surface area contributed by atoms with Crippen molar-refractivity contribution in [1.82, 2.24) is 0 Å². The summed E-state index contributed by atoms with van der Waals surface area (Å²) in [6, 6.07) is 12.2. The zero-order valence-corrected chi connectivity index (χ0v) is 23.8. The fraction of sp³-hybridized carbons (Fsp3) is 0.438. The van der Waals surface area contributed by atoms with Gasteiger partial charge >= 0.3 is 0 Å². The Morgan fingerprint density at radius 2 is 1.25 bits per heavy atom. The lowest BCUT2D eigenvalue weighted by Crippen LogP contribution is -2.14. The van der Waals surface area contributed by atoms with Crippen LogP contribution < -0.4 is 14.2 Å². The first kappa shape index (κ1) is 27.4. The number of aryl methyl sites for hydroxylation is 2. The SMILES string of the molecule is COc1cc(-c2cc(C(C)(C)C)cc(C)c2OC(C)C)c(OC)cc1-c1cc(C(C)C)c(C)cc1O. The first-order chi connectivity index (χ1) is 16.8. The van der Waals surface area contributed by atoms with Crippen LogP contribution in [0.2, 0.25) is 0 Å². The van der Waals surface area contributed by atoms with Gasteiger partial charge in [-0.2, -0.15) is 0 Å². The van der Waals surface area contributed by atoms with E-state index in [-0.39, 0.29) is 17.3 Å². The highest BCUT2D eigenvalue weighted by Crippen LogP contribution is 2.48. The molecule has 0 aliphatic rings. The molecule has 0 aliphatic carbocycles. The van der Waals surface area contributed by atoms with Gasteiger partial charge in [0.25, 0.3) is 0 Å². The Bertz CT molecular complexity index is 1250. The van der Waals surface area contributed by atoms with Gasteiger partial charge in [0.1, 0.15) is 23.0 Å². The van der Waals surface area contributed by atoms with Gasteiger partial charge in [0.2, 0.25) is 0 Å². The summed E-state index contributed by atoms with van der Waals surface area (Å²) in [5, 5.41) is 10.9. The number of hydrogen-bond acceptors (Lipinski definition) is 4. The number of methoxy groups -OCH3 is 2. The molecule has 3 aromatic rings. The zero-order chi connectivity index (χ0) is 26.9. The van der Waals surface area contributed by atoms with Crippen LogP contribution in [-0.2, 0) is 5.41 Å². The van der Waals surface area contributed by atoms with Crippen LogP contribution in [0.15, 0.2) is 36.4 Å². The van der Waals surface area contributed by atoms with Crippen LogP contribution in [0.1, 0.15) is 76.6 Å². The number of ether oxygens (including phenoxy) is 3. The molecule has 1 N–H and O–H groups in total. The monoisotopic (exact) mass is 490 g/mol. The lowest BCUT2D eigenvalue weighted by atomic mass is 9.83. The average molecular weight is 491 g/mol. The van der Waals surface area contributed by atoms with Gasteiger partial charge in [-0.15, -0.1) is 0 Å². The van der Waals surface area contributed by atoms with E-state index >= 15 is 0 Å². The molecule has 4 heteroatoms. The Morgan fingerprint density at radius 1 is 0.694 bits per heavy atom. The van der Waals surface area contributed by atoms with E-state index in [1.54, 1.807) is 14.2 Å². The number of aromatic hydroxyl groups is 1. The van der Waals surface area contributed by atoms with Crippen molar-refractivity contribution in [2.24, 2.45) is 0 Å². The Morgan fingerprint density at radius 3 is 1.72 bits per heavy atom. The standard InChI is InChI=1S/C32H42O4/c1-18(2)23-15-24(28(33)13-20(23)5)25-16-30(35-11)26(17-29(25)34-10)27-14-22(32(7,8)9)12-21(6)31(27)36-19(3)4/h12-19,33H,1-11H3. The minimum absolute atomic E-state index is 0.0223. The second-order valence-electron chi connectivity index (χ2n) is 11.2. The van der Waals surface area contributed by atoms with E-state index in [1.165, 1.54) is 11.1 Å². The molecule has 3 aromatic carbocycles. The predicted octanol–water partition coefficient (Wildman–Crippen LogP) is 8.57. The summed E-state index contributed by atoms with van der Waals surface area (Å²) in [5.74, 6) is 2.74. The Hall–Kier alpha value is -3.14. The third-order valence-electron chi connectivity index (χ3n) is 6.60. The molecule has 3 rings (SSSR count). The summed E-state index contributed by atoms with van der Waals surface area (Å²) in [7, 11) is 3.33. The van der Waals surface area contributed by atoms with Gasteiger partial charge in [0.05, 0.1) is 20.3 Å². The normalized spacial score (nSPS) is 11.8. The summed E-state index contributed by atoms with van der Waals surface area (Å²) >= 11 is 0. The van der Waals surface area contributed by atoms with Gasteiger partial charge in [-0.25, -0.2) is 0 Å². The first-order valence-electron chi connectivity index (χ1n) is 12.7. The molecule has 36 heavy (non-hydrogen) atoms. The maximum absolute atomic E-state index is 10.9. The maximum atomic E-state index is 10.9. The van der Waals surface area contributed by atoms with Crippen LogP contribution in [0.4, 0.5) is 0 Å². The van der Waals surface area contributed by atoms with Crippen molar-refractivity contribution in [3.8, 4) is 45.3 Å². The highest BCUT2D eigenvalue weighted by atomic mass is 16.5.